The summed E-state index contributed by atoms with van der Waals surface area (Å²) in [6, 6.07) is 3.70. The SMILES string of the molecule is CCC(C)Sc1nnc(-c2ccncc2)o1. The van der Waals surface area contributed by atoms with E-state index in [0.717, 1.165) is 12.0 Å². The van der Waals surface area contributed by atoms with Gasteiger partial charge in [0.25, 0.3) is 5.22 Å². The highest BCUT2D eigenvalue weighted by Crippen LogP contribution is 2.26. The third kappa shape index (κ3) is 2.61. The van der Waals surface area contributed by atoms with Crippen molar-refractivity contribution < 1.29 is 4.42 Å². The summed E-state index contributed by atoms with van der Waals surface area (Å²) in [6.45, 7) is 4.28. The molecule has 0 aliphatic heterocycles. The molecule has 0 saturated heterocycles. The smallest absolute Gasteiger partial charge is 0.277 e. The molecular weight excluding hydrogens is 222 g/mol. The van der Waals surface area contributed by atoms with E-state index in [9.17, 15) is 0 Å². The van der Waals surface area contributed by atoms with Gasteiger partial charge in [-0.3, -0.25) is 4.98 Å². The summed E-state index contributed by atoms with van der Waals surface area (Å²) in [5.41, 5.74) is 0.901. The Morgan fingerprint density at radius 2 is 2.06 bits per heavy atom. The van der Waals surface area contributed by atoms with Gasteiger partial charge in [-0.05, 0) is 18.6 Å². The molecule has 2 heterocycles. The molecule has 84 valence electrons. The van der Waals surface area contributed by atoms with Crippen LogP contribution in [-0.4, -0.2) is 20.4 Å². The summed E-state index contributed by atoms with van der Waals surface area (Å²) in [5.74, 6) is 0.549. The number of thioether (sulfide) groups is 1. The van der Waals surface area contributed by atoms with Crippen molar-refractivity contribution in [3.05, 3.63) is 24.5 Å². The van der Waals surface area contributed by atoms with E-state index in [1.807, 2.05) is 12.1 Å². The van der Waals surface area contributed by atoms with Gasteiger partial charge in [0.1, 0.15) is 0 Å². The highest BCUT2D eigenvalue weighted by molar-refractivity contribution is 7.99. The van der Waals surface area contributed by atoms with E-state index >= 15 is 0 Å². The second-order valence-corrected chi connectivity index (χ2v) is 4.84. The van der Waals surface area contributed by atoms with Gasteiger partial charge in [-0.15, -0.1) is 10.2 Å². The Morgan fingerprint density at radius 3 is 2.75 bits per heavy atom. The number of nitrogens with zero attached hydrogens (tertiary/aromatic N) is 3. The van der Waals surface area contributed by atoms with E-state index in [2.05, 4.69) is 29.0 Å². The maximum atomic E-state index is 5.56. The van der Waals surface area contributed by atoms with Crippen LogP contribution in [0.2, 0.25) is 0 Å². The summed E-state index contributed by atoms with van der Waals surface area (Å²) in [6.07, 6.45) is 4.50. The molecule has 0 bridgehead atoms. The third-order valence-corrected chi connectivity index (χ3v) is 3.31. The summed E-state index contributed by atoms with van der Waals surface area (Å²) < 4.78 is 5.56. The van der Waals surface area contributed by atoms with E-state index < -0.39 is 0 Å². The average Bonchev–Trinajstić information content (AvgIpc) is 2.78. The molecule has 5 heteroatoms. The van der Waals surface area contributed by atoms with Gasteiger partial charge in [-0.1, -0.05) is 25.6 Å². The van der Waals surface area contributed by atoms with Gasteiger partial charge >= 0.3 is 0 Å². The fourth-order valence-electron chi connectivity index (χ4n) is 1.12. The van der Waals surface area contributed by atoms with Crippen LogP contribution in [0.4, 0.5) is 0 Å². The number of rotatable bonds is 4. The van der Waals surface area contributed by atoms with Gasteiger partial charge in [0.15, 0.2) is 0 Å². The standard InChI is InChI=1S/C11H13N3OS/c1-3-8(2)16-11-14-13-10(15-11)9-4-6-12-7-5-9/h4-8H,3H2,1-2H3. The van der Waals surface area contributed by atoms with Crippen molar-refractivity contribution in [1.82, 2.24) is 15.2 Å². The van der Waals surface area contributed by atoms with E-state index in [0.29, 0.717) is 16.4 Å². The molecule has 0 aromatic carbocycles. The van der Waals surface area contributed by atoms with Crippen molar-refractivity contribution in [1.29, 1.82) is 0 Å². The zero-order chi connectivity index (χ0) is 11.4. The minimum absolute atomic E-state index is 0.491. The summed E-state index contributed by atoms with van der Waals surface area (Å²) in [4.78, 5) is 3.94. The number of hydrogen-bond donors (Lipinski definition) is 0. The van der Waals surface area contributed by atoms with Crippen molar-refractivity contribution >= 4 is 11.8 Å². The van der Waals surface area contributed by atoms with Crippen molar-refractivity contribution in [3.8, 4) is 11.5 Å². The molecule has 0 amide bonds. The first-order valence-corrected chi connectivity index (χ1v) is 6.08. The van der Waals surface area contributed by atoms with E-state index in [1.54, 1.807) is 24.2 Å². The zero-order valence-electron chi connectivity index (χ0n) is 9.25. The molecule has 4 nitrogen and oxygen atoms in total. The van der Waals surface area contributed by atoms with Gasteiger partial charge in [0.2, 0.25) is 5.89 Å². The van der Waals surface area contributed by atoms with Crippen molar-refractivity contribution in [2.24, 2.45) is 0 Å². The highest BCUT2D eigenvalue weighted by Gasteiger charge is 2.11. The second kappa shape index (κ2) is 5.12. The van der Waals surface area contributed by atoms with Gasteiger partial charge < -0.3 is 4.42 Å². The van der Waals surface area contributed by atoms with Crippen LogP contribution >= 0.6 is 11.8 Å². The molecule has 0 spiro atoms. The van der Waals surface area contributed by atoms with Crippen molar-refractivity contribution in [3.63, 3.8) is 0 Å². The number of pyridine rings is 1. The van der Waals surface area contributed by atoms with E-state index in [4.69, 9.17) is 4.42 Å². The molecule has 0 fully saturated rings. The van der Waals surface area contributed by atoms with Gasteiger partial charge in [0.05, 0.1) is 0 Å². The van der Waals surface area contributed by atoms with E-state index in [1.165, 1.54) is 0 Å². The predicted octanol–water partition coefficient (Wildman–Crippen LogP) is 3.02. The molecule has 0 radical (unpaired) electrons. The van der Waals surface area contributed by atoms with Crippen LogP contribution in [0, 0.1) is 0 Å². The highest BCUT2D eigenvalue weighted by atomic mass is 32.2. The van der Waals surface area contributed by atoms with Gasteiger partial charge in [-0.2, -0.15) is 0 Å². The fourth-order valence-corrected chi connectivity index (χ4v) is 1.85. The molecule has 2 aromatic heterocycles. The van der Waals surface area contributed by atoms with Crippen LogP contribution < -0.4 is 0 Å². The average molecular weight is 235 g/mol. The molecule has 0 aliphatic rings. The topological polar surface area (TPSA) is 51.8 Å². The van der Waals surface area contributed by atoms with Crippen LogP contribution in [-0.2, 0) is 0 Å². The molecule has 0 aliphatic carbocycles. The summed E-state index contributed by atoms with van der Waals surface area (Å²) in [5, 5.41) is 9.13. The molecule has 1 atom stereocenters. The largest absolute Gasteiger partial charge is 0.411 e. The Hall–Kier alpha value is -1.36. The summed E-state index contributed by atoms with van der Waals surface area (Å²) >= 11 is 1.60. The maximum absolute atomic E-state index is 5.56. The second-order valence-electron chi connectivity index (χ2n) is 3.45. The zero-order valence-corrected chi connectivity index (χ0v) is 10.1. The van der Waals surface area contributed by atoms with Crippen LogP contribution in [0.25, 0.3) is 11.5 Å². The Balaban J connectivity index is 2.14. The Bertz CT molecular complexity index is 444. The first kappa shape index (κ1) is 11.1. The Labute approximate surface area is 98.5 Å². The molecule has 1 unspecified atom stereocenters. The predicted molar refractivity (Wildman–Crippen MR) is 63.1 cm³/mol. The molecule has 2 rings (SSSR count). The lowest BCUT2D eigenvalue weighted by atomic mass is 10.3. The lowest BCUT2D eigenvalue weighted by Crippen LogP contribution is -1.91. The lowest BCUT2D eigenvalue weighted by molar-refractivity contribution is 0.464. The maximum Gasteiger partial charge on any atom is 0.277 e. The molecule has 0 N–H and O–H groups in total. The monoisotopic (exact) mass is 235 g/mol. The van der Waals surface area contributed by atoms with Crippen LogP contribution in [0.5, 0.6) is 0 Å². The summed E-state index contributed by atoms with van der Waals surface area (Å²) in [7, 11) is 0. The van der Waals surface area contributed by atoms with Crippen LogP contribution in [0.15, 0.2) is 34.2 Å². The normalized spacial score (nSPS) is 12.6. The minimum atomic E-state index is 0.491. The minimum Gasteiger partial charge on any atom is -0.411 e. The van der Waals surface area contributed by atoms with Crippen LogP contribution in [0.1, 0.15) is 20.3 Å². The number of aromatic nitrogens is 3. The van der Waals surface area contributed by atoms with Crippen LogP contribution in [0.3, 0.4) is 0 Å². The first-order chi connectivity index (χ1) is 7.79. The molecule has 0 saturated carbocycles. The number of hydrogen-bond acceptors (Lipinski definition) is 5. The molecular formula is C11H13N3OS. The fraction of sp³-hybridized carbons (Fsp3) is 0.364. The van der Waals surface area contributed by atoms with Gasteiger partial charge in [-0.25, -0.2) is 0 Å². The van der Waals surface area contributed by atoms with Crippen molar-refractivity contribution in [2.45, 2.75) is 30.7 Å². The lowest BCUT2D eigenvalue weighted by Gasteiger charge is -2.01. The Kier molecular flexibility index (Phi) is 3.56. The first-order valence-electron chi connectivity index (χ1n) is 5.20. The molecule has 2 aromatic rings. The van der Waals surface area contributed by atoms with E-state index in [-0.39, 0.29) is 0 Å². The third-order valence-electron chi connectivity index (χ3n) is 2.21. The molecule has 16 heavy (non-hydrogen) atoms. The van der Waals surface area contributed by atoms with Gasteiger partial charge in [0, 0.05) is 23.2 Å². The quantitative estimate of drug-likeness (QED) is 0.762. The Morgan fingerprint density at radius 1 is 1.31 bits per heavy atom. The van der Waals surface area contributed by atoms with Crippen molar-refractivity contribution in [2.75, 3.05) is 0 Å².